The number of hydrogen-bond donors (Lipinski definition) is 0. The molecule has 0 aliphatic carbocycles. The van der Waals surface area contributed by atoms with Gasteiger partial charge >= 0.3 is 10.1 Å². The van der Waals surface area contributed by atoms with Crippen LogP contribution in [0, 0.1) is 27.7 Å². The molecule has 0 N–H and O–H groups in total. The van der Waals surface area contributed by atoms with Crippen molar-refractivity contribution in [3.8, 4) is 5.75 Å². The van der Waals surface area contributed by atoms with Crippen molar-refractivity contribution in [2.75, 3.05) is 6.26 Å². The molecule has 130 valence electrons. The molecule has 0 heterocycles. The van der Waals surface area contributed by atoms with Crippen LogP contribution in [0.3, 0.4) is 0 Å². The second-order valence-electron chi connectivity index (χ2n) is 5.96. The smallest absolute Gasteiger partial charge is 0.339 e. The van der Waals surface area contributed by atoms with Gasteiger partial charge in [-0.1, -0.05) is 12.1 Å². The van der Waals surface area contributed by atoms with Gasteiger partial charge in [0.15, 0.2) is 9.84 Å². The molecule has 0 aromatic heterocycles. The zero-order valence-electron chi connectivity index (χ0n) is 14.2. The third-order valence-electron chi connectivity index (χ3n) is 3.67. The largest absolute Gasteiger partial charge is 0.379 e. The van der Waals surface area contributed by atoms with E-state index < -0.39 is 20.0 Å². The summed E-state index contributed by atoms with van der Waals surface area (Å²) in [5.74, 6) is 0.233. The van der Waals surface area contributed by atoms with Crippen LogP contribution in [0.2, 0.25) is 0 Å². The van der Waals surface area contributed by atoms with Gasteiger partial charge in [-0.15, -0.1) is 0 Å². The minimum Gasteiger partial charge on any atom is -0.379 e. The summed E-state index contributed by atoms with van der Waals surface area (Å²) in [6.07, 6.45) is 1.05. The minimum absolute atomic E-state index is 0.00867. The van der Waals surface area contributed by atoms with Crippen molar-refractivity contribution in [1.82, 2.24) is 0 Å². The van der Waals surface area contributed by atoms with Crippen molar-refractivity contribution in [2.45, 2.75) is 37.5 Å². The Morgan fingerprint density at radius 3 is 1.96 bits per heavy atom. The fourth-order valence-corrected chi connectivity index (χ4v) is 4.85. The van der Waals surface area contributed by atoms with Crippen LogP contribution in [-0.4, -0.2) is 23.1 Å². The van der Waals surface area contributed by atoms with Crippen molar-refractivity contribution in [2.24, 2.45) is 0 Å². The van der Waals surface area contributed by atoms with E-state index in [1.165, 1.54) is 19.1 Å². The van der Waals surface area contributed by atoms with Gasteiger partial charge in [-0.3, -0.25) is 0 Å². The molecule has 2 aromatic rings. The first kappa shape index (κ1) is 18.5. The lowest BCUT2D eigenvalue weighted by Crippen LogP contribution is -2.14. The molecule has 0 amide bonds. The van der Waals surface area contributed by atoms with Crippen molar-refractivity contribution >= 4 is 20.0 Å². The summed E-state index contributed by atoms with van der Waals surface area (Å²) >= 11 is 0. The Balaban J connectivity index is 2.62. The average Bonchev–Trinajstić information content (AvgIpc) is 2.43. The molecule has 0 bridgehead atoms. The van der Waals surface area contributed by atoms with Gasteiger partial charge < -0.3 is 4.18 Å². The van der Waals surface area contributed by atoms with Gasteiger partial charge in [0.05, 0.1) is 4.90 Å². The predicted octanol–water partition coefficient (Wildman–Crippen LogP) is 3.09. The molecular weight excluding hydrogens is 348 g/mol. The van der Waals surface area contributed by atoms with Gasteiger partial charge in [-0.2, -0.15) is 8.42 Å². The van der Waals surface area contributed by atoms with Crippen LogP contribution in [0.1, 0.15) is 22.3 Å². The Bertz CT molecular complexity index is 1000. The van der Waals surface area contributed by atoms with Crippen LogP contribution in [0.25, 0.3) is 0 Å². The number of hydrogen-bond acceptors (Lipinski definition) is 5. The minimum atomic E-state index is -4.15. The molecule has 0 atom stereocenters. The van der Waals surface area contributed by atoms with E-state index in [4.69, 9.17) is 4.18 Å². The fourth-order valence-electron chi connectivity index (χ4n) is 2.40. The maximum atomic E-state index is 12.7. The normalized spacial score (nSPS) is 12.2. The van der Waals surface area contributed by atoms with E-state index in [1.54, 1.807) is 26.0 Å². The summed E-state index contributed by atoms with van der Waals surface area (Å²) in [4.78, 5) is -0.144. The number of rotatable bonds is 4. The maximum absolute atomic E-state index is 12.7. The number of benzene rings is 2. The highest BCUT2D eigenvalue weighted by molar-refractivity contribution is 7.91. The van der Waals surface area contributed by atoms with Crippen LogP contribution in [0.4, 0.5) is 0 Å². The number of sulfone groups is 1. The summed E-state index contributed by atoms with van der Waals surface area (Å²) < 4.78 is 54.5. The monoisotopic (exact) mass is 368 g/mol. The maximum Gasteiger partial charge on any atom is 0.339 e. The van der Waals surface area contributed by atoms with Crippen LogP contribution in [0.5, 0.6) is 5.75 Å². The first-order valence-electron chi connectivity index (χ1n) is 7.25. The fraction of sp³-hybridized carbons (Fsp3) is 0.294. The molecular formula is C17H20O5S2. The topological polar surface area (TPSA) is 77.5 Å². The Labute approximate surface area is 143 Å². The Morgan fingerprint density at radius 2 is 1.38 bits per heavy atom. The van der Waals surface area contributed by atoms with Gasteiger partial charge in [-0.25, -0.2) is 8.42 Å². The van der Waals surface area contributed by atoms with Gasteiger partial charge in [0.25, 0.3) is 0 Å². The van der Waals surface area contributed by atoms with E-state index in [-0.39, 0.29) is 21.1 Å². The van der Waals surface area contributed by atoms with Crippen molar-refractivity contribution < 1.29 is 21.0 Å². The molecule has 0 saturated carbocycles. The summed E-state index contributed by atoms with van der Waals surface area (Å²) in [6, 6.07) is 8.14. The van der Waals surface area contributed by atoms with Crippen LogP contribution < -0.4 is 4.18 Å². The lowest BCUT2D eigenvalue weighted by Gasteiger charge is -2.14. The van der Waals surface area contributed by atoms with Gasteiger partial charge in [0, 0.05) is 6.26 Å². The molecule has 7 heteroatoms. The summed E-state index contributed by atoms with van der Waals surface area (Å²) in [5, 5.41) is 0. The van der Waals surface area contributed by atoms with Crippen molar-refractivity contribution in [1.29, 1.82) is 0 Å². The van der Waals surface area contributed by atoms with E-state index in [0.717, 1.165) is 11.8 Å². The second-order valence-corrected chi connectivity index (χ2v) is 9.46. The Morgan fingerprint density at radius 1 is 0.792 bits per heavy atom. The lowest BCUT2D eigenvalue weighted by molar-refractivity contribution is 0.483. The zero-order chi connectivity index (χ0) is 18.3. The molecule has 0 aliphatic rings. The summed E-state index contributed by atoms with van der Waals surface area (Å²) in [5.41, 5.74) is 2.24. The summed E-state index contributed by atoms with van der Waals surface area (Å²) in [6.45, 7) is 6.69. The van der Waals surface area contributed by atoms with E-state index in [9.17, 15) is 16.8 Å². The molecule has 0 unspecified atom stereocenters. The van der Waals surface area contributed by atoms with E-state index in [0.29, 0.717) is 11.1 Å². The Kier molecular flexibility index (Phi) is 4.79. The highest BCUT2D eigenvalue weighted by Gasteiger charge is 2.25. The lowest BCUT2D eigenvalue weighted by atomic mass is 10.1. The molecule has 24 heavy (non-hydrogen) atoms. The van der Waals surface area contributed by atoms with Gasteiger partial charge in [0.1, 0.15) is 10.6 Å². The summed E-state index contributed by atoms with van der Waals surface area (Å²) in [7, 11) is -7.70. The van der Waals surface area contributed by atoms with Gasteiger partial charge in [-0.05, 0) is 68.1 Å². The van der Waals surface area contributed by atoms with E-state index in [2.05, 4.69) is 0 Å². The molecule has 5 nitrogen and oxygen atoms in total. The first-order valence-corrected chi connectivity index (χ1v) is 10.5. The highest BCUT2D eigenvalue weighted by atomic mass is 32.2. The first-order chi connectivity index (χ1) is 10.9. The zero-order valence-corrected chi connectivity index (χ0v) is 15.9. The van der Waals surface area contributed by atoms with E-state index >= 15 is 0 Å². The average molecular weight is 368 g/mol. The van der Waals surface area contributed by atoms with Crippen molar-refractivity contribution in [3.05, 3.63) is 52.6 Å². The van der Waals surface area contributed by atoms with Crippen LogP contribution in [0.15, 0.2) is 40.1 Å². The molecule has 0 aliphatic heterocycles. The quantitative estimate of drug-likeness (QED) is 0.775. The van der Waals surface area contributed by atoms with Crippen molar-refractivity contribution in [3.63, 3.8) is 0 Å². The highest BCUT2D eigenvalue weighted by Crippen LogP contribution is 2.29. The molecule has 0 radical (unpaired) electrons. The van der Waals surface area contributed by atoms with Crippen LogP contribution >= 0.6 is 0 Å². The molecule has 0 fully saturated rings. The molecule has 2 aromatic carbocycles. The third-order valence-corrected chi connectivity index (χ3v) is 6.25. The third kappa shape index (κ3) is 3.79. The number of aryl methyl sites for hydroxylation is 3. The molecule has 2 rings (SSSR count). The standard InChI is InChI=1S/C17H20O5S2/c1-11-6-7-13(3)15(8-11)22-24(20,21)17-10-12(2)9-16(14(17)4)23(5,18)19/h6-10H,1-5H3. The SMILES string of the molecule is Cc1ccc(C)c(OS(=O)(=O)c2cc(C)cc(S(C)(=O)=O)c2C)c1. The van der Waals surface area contributed by atoms with E-state index in [1.807, 2.05) is 13.0 Å². The second kappa shape index (κ2) is 6.22. The predicted molar refractivity (Wildman–Crippen MR) is 92.8 cm³/mol. The Hall–Kier alpha value is -1.86. The van der Waals surface area contributed by atoms with Gasteiger partial charge in [0.2, 0.25) is 0 Å². The molecule has 0 spiro atoms. The van der Waals surface area contributed by atoms with Crippen LogP contribution in [-0.2, 0) is 20.0 Å². The molecule has 0 saturated heterocycles.